The largest absolute Gasteiger partial charge is 0.371 e. The molecule has 0 radical (unpaired) electrons. The maximum absolute atomic E-state index is 13.8. The van der Waals surface area contributed by atoms with E-state index in [4.69, 9.17) is 4.74 Å². The van der Waals surface area contributed by atoms with Crippen molar-refractivity contribution in [1.29, 1.82) is 0 Å². The summed E-state index contributed by atoms with van der Waals surface area (Å²) in [6.45, 7) is 6.36. The van der Waals surface area contributed by atoms with Crippen LogP contribution in [0.25, 0.3) is 0 Å². The first-order chi connectivity index (χ1) is 19.0. The van der Waals surface area contributed by atoms with Crippen molar-refractivity contribution in [3.8, 4) is 0 Å². The molecule has 0 N–H and O–H groups in total. The van der Waals surface area contributed by atoms with Crippen LogP contribution in [0.15, 0.2) is 54.6 Å². The molecule has 0 aromatic heterocycles. The summed E-state index contributed by atoms with van der Waals surface area (Å²) >= 11 is 0. The van der Waals surface area contributed by atoms with E-state index in [-0.39, 0.29) is 6.10 Å². The molecule has 2 aliphatic heterocycles. The van der Waals surface area contributed by atoms with Crippen LogP contribution < -0.4 is 0 Å². The molecule has 6 rings (SSSR count). The first-order valence-corrected chi connectivity index (χ1v) is 15.4. The number of morpholine rings is 1. The van der Waals surface area contributed by atoms with Crippen LogP contribution >= 0.6 is 0 Å². The number of hydrogen-bond acceptors (Lipinski definition) is 5. The number of ether oxygens (including phenoxy) is 1. The molecule has 2 saturated heterocycles. The first-order valence-electron chi connectivity index (χ1n) is 15.4. The molecule has 2 aromatic rings. The fourth-order valence-corrected chi connectivity index (χ4v) is 7.97. The van der Waals surface area contributed by atoms with Crippen LogP contribution in [0.3, 0.4) is 0 Å². The molecule has 4 aliphatic rings. The van der Waals surface area contributed by atoms with Crippen LogP contribution in [0.2, 0.25) is 0 Å². The van der Waals surface area contributed by atoms with E-state index in [2.05, 4.69) is 65.3 Å². The SMILES string of the molecule is CC1CCN([C@@]2(c3cccc(C4CN([C@@]5(c6ccccc6)CCCCC5=O)CCO4)c3)CCCCC2=O)CC1. The van der Waals surface area contributed by atoms with E-state index < -0.39 is 11.1 Å². The monoisotopic (exact) mass is 528 g/mol. The number of piperidine rings is 1. The fourth-order valence-electron chi connectivity index (χ4n) is 7.97. The summed E-state index contributed by atoms with van der Waals surface area (Å²) in [5.41, 5.74) is 2.32. The summed E-state index contributed by atoms with van der Waals surface area (Å²) in [6, 6.07) is 19.2. The lowest BCUT2D eigenvalue weighted by molar-refractivity contribution is -0.143. The normalized spacial score (nSPS) is 31.9. The van der Waals surface area contributed by atoms with Crippen molar-refractivity contribution in [3.05, 3.63) is 71.3 Å². The lowest BCUT2D eigenvalue weighted by Crippen LogP contribution is -2.57. The van der Waals surface area contributed by atoms with Gasteiger partial charge in [0.1, 0.15) is 11.1 Å². The van der Waals surface area contributed by atoms with Gasteiger partial charge in [0.25, 0.3) is 0 Å². The topological polar surface area (TPSA) is 49.9 Å². The van der Waals surface area contributed by atoms with E-state index in [1.807, 2.05) is 6.07 Å². The Hall–Kier alpha value is -2.34. The number of hydrogen-bond donors (Lipinski definition) is 0. The lowest BCUT2D eigenvalue weighted by Gasteiger charge is -2.49. The molecular weight excluding hydrogens is 484 g/mol. The molecule has 0 bridgehead atoms. The number of carbonyl (C=O) groups is 2. The molecule has 208 valence electrons. The Morgan fingerprint density at radius 2 is 1.38 bits per heavy atom. The highest BCUT2D eigenvalue weighted by atomic mass is 16.5. The molecule has 2 heterocycles. The summed E-state index contributed by atoms with van der Waals surface area (Å²) in [5.74, 6) is 1.47. The zero-order valence-corrected chi connectivity index (χ0v) is 23.6. The number of benzene rings is 2. The maximum atomic E-state index is 13.8. The smallest absolute Gasteiger partial charge is 0.157 e. The predicted octanol–water partition coefficient (Wildman–Crippen LogP) is 6.17. The third-order valence-corrected chi connectivity index (χ3v) is 10.2. The molecule has 0 spiro atoms. The molecule has 5 heteroatoms. The molecule has 2 saturated carbocycles. The van der Waals surface area contributed by atoms with Crippen molar-refractivity contribution in [2.24, 2.45) is 5.92 Å². The van der Waals surface area contributed by atoms with Crippen LogP contribution in [0.1, 0.15) is 93.9 Å². The van der Waals surface area contributed by atoms with Gasteiger partial charge in [0.05, 0.1) is 12.7 Å². The molecule has 2 aliphatic carbocycles. The predicted molar refractivity (Wildman–Crippen MR) is 153 cm³/mol. The minimum Gasteiger partial charge on any atom is -0.371 e. The highest BCUT2D eigenvalue weighted by Gasteiger charge is 2.49. The molecule has 2 aromatic carbocycles. The Balaban J connectivity index is 1.32. The van der Waals surface area contributed by atoms with Crippen LogP contribution in [-0.4, -0.2) is 54.2 Å². The first kappa shape index (κ1) is 26.9. The highest BCUT2D eigenvalue weighted by Crippen LogP contribution is 2.45. The van der Waals surface area contributed by atoms with Crippen LogP contribution in [0.5, 0.6) is 0 Å². The maximum Gasteiger partial charge on any atom is 0.157 e. The number of Topliss-reactive ketones (excluding diaryl/α,β-unsaturated/α-hetero) is 2. The zero-order chi connectivity index (χ0) is 26.9. The van der Waals surface area contributed by atoms with Gasteiger partial charge in [-0.15, -0.1) is 0 Å². The molecule has 3 atom stereocenters. The summed E-state index contributed by atoms with van der Waals surface area (Å²) in [4.78, 5) is 32.4. The molecule has 1 unspecified atom stereocenters. The van der Waals surface area contributed by atoms with Crippen molar-refractivity contribution in [3.63, 3.8) is 0 Å². The second-order valence-corrected chi connectivity index (χ2v) is 12.4. The van der Waals surface area contributed by atoms with Gasteiger partial charge in [-0.05, 0) is 74.2 Å². The van der Waals surface area contributed by atoms with Gasteiger partial charge in [-0.2, -0.15) is 0 Å². The van der Waals surface area contributed by atoms with Crippen molar-refractivity contribution >= 4 is 11.6 Å². The van der Waals surface area contributed by atoms with Gasteiger partial charge >= 0.3 is 0 Å². The zero-order valence-electron chi connectivity index (χ0n) is 23.6. The molecule has 5 nitrogen and oxygen atoms in total. The second kappa shape index (κ2) is 11.3. The Morgan fingerprint density at radius 3 is 2.05 bits per heavy atom. The standard InChI is InChI=1S/C34H44N2O3/c1-26-16-20-35(21-17-26)34(19-8-6-15-32(34)38)29-13-9-10-27(24-29)30-25-36(22-23-39-30)33(18-7-5-14-31(33)37)28-11-3-2-4-12-28/h2-4,9-13,24,26,30H,5-8,14-23,25H2,1H3/t30?,33-,34-/m1/s1. The van der Waals surface area contributed by atoms with Crippen LogP contribution in [0, 0.1) is 5.92 Å². The Labute approximate surface area is 233 Å². The van der Waals surface area contributed by atoms with E-state index in [1.165, 1.54) is 0 Å². The highest BCUT2D eigenvalue weighted by molar-refractivity contribution is 5.91. The van der Waals surface area contributed by atoms with Gasteiger partial charge in [-0.3, -0.25) is 19.4 Å². The summed E-state index contributed by atoms with van der Waals surface area (Å²) in [5, 5.41) is 0. The van der Waals surface area contributed by atoms with Crippen LogP contribution in [-0.2, 0) is 25.4 Å². The van der Waals surface area contributed by atoms with Gasteiger partial charge in [0, 0.05) is 25.9 Å². The van der Waals surface area contributed by atoms with Gasteiger partial charge in [-0.25, -0.2) is 0 Å². The van der Waals surface area contributed by atoms with Gasteiger partial charge in [-0.1, -0.05) is 74.4 Å². The summed E-state index contributed by atoms with van der Waals surface area (Å²) in [6.07, 6.45) is 9.43. The minimum atomic E-state index is -0.565. The van der Waals surface area contributed by atoms with Gasteiger partial charge in [0.2, 0.25) is 0 Å². The second-order valence-electron chi connectivity index (χ2n) is 12.4. The quantitative estimate of drug-likeness (QED) is 0.465. The van der Waals surface area contributed by atoms with E-state index in [9.17, 15) is 9.59 Å². The summed E-state index contributed by atoms with van der Waals surface area (Å²) in [7, 11) is 0. The van der Waals surface area contributed by atoms with Crippen LogP contribution in [0.4, 0.5) is 0 Å². The Bertz CT molecular complexity index is 1170. The van der Waals surface area contributed by atoms with E-state index in [0.717, 1.165) is 93.6 Å². The number of rotatable bonds is 5. The third-order valence-electron chi connectivity index (χ3n) is 10.2. The van der Waals surface area contributed by atoms with Crippen molar-refractivity contribution in [1.82, 2.24) is 9.80 Å². The Morgan fingerprint density at radius 1 is 0.744 bits per heavy atom. The molecule has 39 heavy (non-hydrogen) atoms. The number of carbonyl (C=O) groups excluding carboxylic acids is 2. The molecule has 4 fully saturated rings. The third kappa shape index (κ3) is 4.81. The average Bonchev–Trinajstić information content (AvgIpc) is 2.99. The van der Waals surface area contributed by atoms with E-state index in [1.54, 1.807) is 0 Å². The fraction of sp³-hybridized carbons (Fsp3) is 0.588. The van der Waals surface area contributed by atoms with E-state index >= 15 is 0 Å². The minimum absolute atomic E-state index is 0.119. The average molecular weight is 529 g/mol. The van der Waals surface area contributed by atoms with E-state index in [0.29, 0.717) is 37.6 Å². The molecular formula is C34H44N2O3. The van der Waals surface area contributed by atoms with Crippen molar-refractivity contribution < 1.29 is 14.3 Å². The van der Waals surface area contributed by atoms with Gasteiger partial charge in [0.15, 0.2) is 11.6 Å². The summed E-state index contributed by atoms with van der Waals surface area (Å²) < 4.78 is 6.41. The molecule has 0 amide bonds. The van der Waals surface area contributed by atoms with Crippen molar-refractivity contribution in [2.75, 3.05) is 32.8 Å². The van der Waals surface area contributed by atoms with Crippen molar-refractivity contribution in [2.45, 2.75) is 88.3 Å². The number of likely N-dealkylation sites (tertiary alicyclic amines) is 1. The Kier molecular flexibility index (Phi) is 7.76. The lowest BCUT2D eigenvalue weighted by atomic mass is 9.72. The van der Waals surface area contributed by atoms with Gasteiger partial charge < -0.3 is 4.74 Å². The number of nitrogens with zero attached hydrogens (tertiary/aromatic N) is 2. The number of ketones is 2.